The monoisotopic (exact) mass is 263 g/mol. The van der Waals surface area contributed by atoms with Crippen LogP contribution >= 0.6 is 8.58 Å². The third-order valence-electron chi connectivity index (χ3n) is 3.29. The Balaban J connectivity index is 1.72. The first-order valence-corrected chi connectivity index (χ1v) is 7.71. The summed E-state index contributed by atoms with van der Waals surface area (Å²) in [6, 6.07) is 25.9. The average molecular weight is 263 g/mol. The first-order valence-electron chi connectivity index (χ1n) is 6.63. The van der Waals surface area contributed by atoms with Crippen molar-refractivity contribution in [2.45, 2.75) is 6.42 Å². The quantitative estimate of drug-likeness (QED) is 0.601. The molecule has 0 saturated carbocycles. The maximum atomic E-state index is 2.24. The van der Waals surface area contributed by atoms with Gasteiger partial charge in [0.05, 0.1) is 0 Å². The fourth-order valence-electron chi connectivity index (χ4n) is 2.30. The van der Waals surface area contributed by atoms with Crippen LogP contribution in [0, 0.1) is 0 Å². The Bertz CT molecular complexity index is 653. The van der Waals surface area contributed by atoms with Crippen LogP contribution in [0.2, 0.25) is 0 Å². The third kappa shape index (κ3) is 3.03. The molecule has 3 aromatic carbocycles. The van der Waals surface area contributed by atoms with Crippen LogP contribution in [0.4, 0.5) is 0 Å². The second kappa shape index (κ2) is 5.99. The van der Waals surface area contributed by atoms with Crippen LogP contribution in [0.1, 0.15) is 5.56 Å². The van der Waals surface area contributed by atoms with Crippen LogP contribution < -0.4 is 5.30 Å². The fourth-order valence-corrected chi connectivity index (χ4v) is 3.47. The minimum absolute atomic E-state index is 1.14. The van der Waals surface area contributed by atoms with E-state index in [0.29, 0.717) is 0 Å². The molecule has 0 unspecified atom stereocenters. The van der Waals surface area contributed by atoms with Gasteiger partial charge in [-0.25, -0.2) is 0 Å². The average Bonchev–Trinajstić information content (AvgIpc) is 2.49. The summed E-state index contributed by atoms with van der Waals surface area (Å²) in [4.78, 5) is 0. The van der Waals surface area contributed by atoms with Crippen molar-refractivity contribution < 1.29 is 0 Å². The standard InChI is InChI=1S/C18H16P/c1-2-7-15(8-3-1)13-14-19-18-12-6-10-16-9-4-5-11-17(16)18/h1-12H,13-14H2. The largest absolute Gasteiger partial charge is 0.0622 e. The molecule has 3 aromatic rings. The zero-order chi connectivity index (χ0) is 12.9. The summed E-state index contributed by atoms with van der Waals surface area (Å²) in [5.74, 6) is 0. The van der Waals surface area contributed by atoms with Crippen molar-refractivity contribution >= 4 is 24.7 Å². The third-order valence-corrected chi connectivity index (χ3v) is 4.47. The lowest BCUT2D eigenvalue weighted by Gasteiger charge is -2.06. The maximum absolute atomic E-state index is 2.24. The molecule has 0 N–H and O–H groups in total. The van der Waals surface area contributed by atoms with Crippen molar-refractivity contribution in [2.24, 2.45) is 0 Å². The van der Waals surface area contributed by atoms with Gasteiger partial charge in [-0.1, -0.05) is 72.8 Å². The van der Waals surface area contributed by atoms with E-state index in [4.69, 9.17) is 0 Å². The molecule has 19 heavy (non-hydrogen) atoms. The van der Waals surface area contributed by atoms with E-state index in [1.807, 2.05) is 0 Å². The zero-order valence-electron chi connectivity index (χ0n) is 10.8. The molecule has 0 aliphatic carbocycles. The van der Waals surface area contributed by atoms with E-state index in [1.165, 1.54) is 36.4 Å². The fraction of sp³-hybridized carbons (Fsp3) is 0.111. The van der Waals surface area contributed by atoms with Crippen LogP contribution in [0.15, 0.2) is 72.8 Å². The number of fused-ring (bicyclic) bond motifs is 1. The van der Waals surface area contributed by atoms with Crippen molar-refractivity contribution in [2.75, 3.05) is 6.16 Å². The number of aryl methyl sites for hydroxylation is 1. The van der Waals surface area contributed by atoms with Gasteiger partial charge in [-0.2, -0.15) is 0 Å². The van der Waals surface area contributed by atoms with Gasteiger partial charge in [0.1, 0.15) is 0 Å². The van der Waals surface area contributed by atoms with E-state index in [9.17, 15) is 0 Å². The van der Waals surface area contributed by atoms with Crippen molar-refractivity contribution in [3.63, 3.8) is 0 Å². The number of rotatable bonds is 4. The topological polar surface area (TPSA) is 0 Å². The van der Waals surface area contributed by atoms with E-state index < -0.39 is 0 Å². The van der Waals surface area contributed by atoms with E-state index in [1.54, 1.807) is 0 Å². The van der Waals surface area contributed by atoms with Crippen molar-refractivity contribution in [3.05, 3.63) is 78.4 Å². The van der Waals surface area contributed by atoms with Crippen LogP contribution in [-0.4, -0.2) is 6.16 Å². The first kappa shape index (κ1) is 12.4. The number of benzene rings is 3. The Kier molecular flexibility index (Phi) is 3.91. The molecule has 0 spiro atoms. The molecule has 1 heteroatoms. The van der Waals surface area contributed by atoms with Gasteiger partial charge in [-0.15, -0.1) is 0 Å². The molecule has 93 valence electrons. The predicted molar refractivity (Wildman–Crippen MR) is 85.5 cm³/mol. The highest BCUT2D eigenvalue weighted by Crippen LogP contribution is 2.20. The molecule has 0 atom stereocenters. The molecule has 0 bridgehead atoms. The van der Waals surface area contributed by atoms with Crippen LogP contribution in [0.5, 0.6) is 0 Å². The highest BCUT2D eigenvalue weighted by Gasteiger charge is 2.01. The predicted octanol–water partition coefficient (Wildman–Crippen LogP) is 4.65. The summed E-state index contributed by atoms with van der Waals surface area (Å²) in [6.45, 7) is 0. The molecule has 1 radical (unpaired) electrons. The molecule has 0 heterocycles. The normalized spacial score (nSPS) is 11.4. The first-order chi connectivity index (χ1) is 9.43. The van der Waals surface area contributed by atoms with Gasteiger partial charge in [0.2, 0.25) is 0 Å². The molecule has 0 aliphatic heterocycles. The van der Waals surface area contributed by atoms with Crippen molar-refractivity contribution in [1.82, 2.24) is 0 Å². The summed E-state index contributed by atoms with van der Waals surface area (Å²) < 4.78 is 0. The molecule has 0 nitrogen and oxygen atoms in total. The Hall–Kier alpha value is -1.65. The van der Waals surface area contributed by atoms with Gasteiger partial charge in [-0.3, -0.25) is 0 Å². The highest BCUT2D eigenvalue weighted by atomic mass is 31.1. The Morgan fingerprint density at radius 2 is 1.42 bits per heavy atom. The zero-order valence-corrected chi connectivity index (χ0v) is 11.7. The van der Waals surface area contributed by atoms with Gasteiger partial charge >= 0.3 is 0 Å². The van der Waals surface area contributed by atoms with Crippen LogP contribution in [0.25, 0.3) is 10.8 Å². The molecule has 0 saturated heterocycles. The summed E-state index contributed by atoms with van der Waals surface area (Å²) >= 11 is 0. The minimum atomic E-state index is 1.14. The molecule has 0 aromatic heterocycles. The van der Waals surface area contributed by atoms with Gasteiger partial charge < -0.3 is 0 Å². The summed E-state index contributed by atoms with van der Waals surface area (Å²) in [7, 11) is 1.41. The second-order valence-electron chi connectivity index (χ2n) is 4.62. The molecular weight excluding hydrogens is 247 g/mol. The van der Waals surface area contributed by atoms with E-state index in [-0.39, 0.29) is 0 Å². The molecule has 0 fully saturated rings. The number of hydrogen-bond acceptors (Lipinski definition) is 0. The van der Waals surface area contributed by atoms with Gasteiger partial charge in [0.15, 0.2) is 0 Å². The van der Waals surface area contributed by atoms with E-state index in [2.05, 4.69) is 72.8 Å². The maximum Gasteiger partial charge on any atom is -0.0103 e. The molecular formula is C18H16P. The van der Waals surface area contributed by atoms with Crippen molar-refractivity contribution in [3.8, 4) is 0 Å². The number of hydrogen-bond donors (Lipinski definition) is 0. The second-order valence-corrected chi connectivity index (χ2v) is 5.86. The summed E-state index contributed by atoms with van der Waals surface area (Å²) in [5, 5.41) is 4.17. The Labute approximate surface area is 116 Å². The van der Waals surface area contributed by atoms with Gasteiger partial charge in [-0.05, 0) is 42.8 Å². The lowest BCUT2D eigenvalue weighted by Crippen LogP contribution is -1.98. The Morgan fingerprint density at radius 3 is 2.32 bits per heavy atom. The molecule has 0 aliphatic rings. The van der Waals surface area contributed by atoms with Crippen molar-refractivity contribution in [1.29, 1.82) is 0 Å². The van der Waals surface area contributed by atoms with Gasteiger partial charge in [0.25, 0.3) is 0 Å². The lowest BCUT2D eigenvalue weighted by atomic mass is 10.1. The van der Waals surface area contributed by atoms with Gasteiger partial charge in [0, 0.05) is 0 Å². The van der Waals surface area contributed by atoms with Crippen LogP contribution in [0.3, 0.4) is 0 Å². The Morgan fingerprint density at radius 1 is 0.684 bits per heavy atom. The minimum Gasteiger partial charge on any atom is -0.0622 e. The SMILES string of the molecule is c1ccc(CC[P]c2cccc3ccccc23)cc1. The highest BCUT2D eigenvalue weighted by molar-refractivity contribution is 7.47. The molecule has 3 rings (SSSR count). The van der Waals surface area contributed by atoms with Crippen LogP contribution in [-0.2, 0) is 6.42 Å². The smallest absolute Gasteiger partial charge is 0.0103 e. The summed E-state index contributed by atoms with van der Waals surface area (Å²) in [6.07, 6.45) is 2.32. The van der Waals surface area contributed by atoms with E-state index >= 15 is 0 Å². The lowest BCUT2D eigenvalue weighted by molar-refractivity contribution is 1.16. The van der Waals surface area contributed by atoms with E-state index in [0.717, 1.165) is 6.42 Å². The summed E-state index contributed by atoms with van der Waals surface area (Å²) in [5.41, 5.74) is 1.43. The molecule has 0 amide bonds.